The molecule has 0 spiro atoms. The zero-order valence-electron chi connectivity index (χ0n) is 11.4. The second-order valence-electron chi connectivity index (χ2n) is 4.08. The Hall–Kier alpha value is -0.163. The monoisotopic (exact) mass is 329 g/mol. The highest BCUT2D eigenvalue weighted by Gasteiger charge is 2.28. The summed E-state index contributed by atoms with van der Waals surface area (Å²) in [7, 11) is -1.24. The third-order valence-electron chi connectivity index (χ3n) is 2.69. The zero-order chi connectivity index (χ0) is 13.4. The predicted molar refractivity (Wildman–Crippen MR) is 80.8 cm³/mol. The standard InChI is InChI=1S/C14H22BrO2Si/c1-4-8-14(18(16-5-2)17-6-3)12-9-7-10-13(15)11-12/h7,9-11,14H,4-6,8H2,1-3H3. The van der Waals surface area contributed by atoms with Gasteiger partial charge < -0.3 is 8.85 Å². The smallest absolute Gasteiger partial charge is 0.392 e. The topological polar surface area (TPSA) is 18.5 Å². The van der Waals surface area contributed by atoms with Gasteiger partial charge in [-0.05, 0) is 38.0 Å². The maximum atomic E-state index is 5.86. The molecule has 101 valence electrons. The van der Waals surface area contributed by atoms with E-state index in [9.17, 15) is 0 Å². The molecule has 0 bridgehead atoms. The van der Waals surface area contributed by atoms with Crippen LogP contribution in [0.15, 0.2) is 28.7 Å². The van der Waals surface area contributed by atoms with Gasteiger partial charge in [-0.2, -0.15) is 0 Å². The third-order valence-corrected chi connectivity index (χ3v) is 5.52. The summed E-state index contributed by atoms with van der Waals surface area (Å²) < 4.78 is 12.8. The first-order valence-electron chi connectivity index (χ1n) is 6.60. The van der Waals surface area contributed by atoms with Crippen LogP contribution in [0.2, 0.25) is 0 Å². The molecule has 18 heavy (non-hydrogen) atoms. The summed E-state index contributed by atoms with van der Waals surface area (Å²) in [6.07, 6.45) is 2.26. The summed E-state index contributed by atoms with van der Waals surface area (Å²) in [6, 6.07) is 8.50. The quantitative estimate of drug-likeness (QED) is 0.656. The van der Waals surface area contributed by atoms with Gasteiger partial charge in [0.25, 0.3) is 0 Å². The number of hydrogen-bond donors (Lipinski definition) is 0. The molecule has 1 aromatic rings. The Labute approximate surface area is 121 Å². The fourth-order valence-corrected chi connectivity index (χ4v) is 4.41. The Balaban J connectivity index is 2.91. The van der Waals surface area contributed by atoms with Crippen LogP contribution in [0.3, 0.4) is 0 Å². The largest absolute Gasteiger partial charge is 0.393 e. The fourth-order valence-electron chi connectivity index (χ4n) is 1.96. The van der Waals surface area contributed by atoms with Crippen LogP contribution in [0.1, 0.15) is 44.7 Å². The first-order valence-corrected chi connectivity index (χ1v) is 8.79. The lowest BCUT2D eigenvalue weighted by Gasteiger charge is -2.23. The molecular formula is C14H22BrO2Si. The van der Waals surface area contributed by atoms with E-state index in [1.54, 1.807) is 0 Å². The van der Waals surface area contributed by atoms with E-state index >= 15 is 0 Å². The minimum atomic E-state index is -1.24. The van der Waals surface area contributed by atoms with Crippen molar-refractivity contribution in [2.24, 2.45) is 0 Å². The Morgan fingerprint density at radius 3 is 2.33 bits per heavy atom. The number of halogens is 1. The van der Waals surface area contributed by atoms with E-state index in [1.807, 2.05) is 13.8 Å². The average molecular weight is 330 g/mol. The van der Waals surface area contributed by atoms with Gasteiger partial charge in [0.2, 0.25) is 0 Å². The highest BCUT2D eigenvalue weighted by Crippen LogP contribution is 2.27. The van der Waals surface area contributed by atoms with Crippen molar-refractivity contribution in [3.05, 3.63) is 34.3 Å². The van der Waals surface area contributed by atoms with E-state index in [1.165, 1.54) is 5.56 Å². The van der Waals surface area contributed by atoms with Gasteiger partial charge in [-0.15, -0.1) is 0 Å². The average Bonchev–Trinajstić information content (AvgIpc) is 2.36. The lowest BCUT2D eigenvalue weighted by molar-refractivity contribution is 0.203. The van der Waals surface area contributed by atoms with Crippen molar-refractivity contribution in [1.82, 2.24) is 0 Å². The van der Waals surface area contributed by atoms with E-state index < -0.39 is 9.28 Å². The molecule has 1 aromatic carbocycles. The summed E-state index contributed by atoms with van der Waals surface area (Å²) >= 11 is 3.54. The molecule has 1 unspecified atom stereocenters. The molecule has 0 aromatic heterocycles. The Kier molecular flexibility index (Phi) is 7.82. The fraction of sp³-hybridized carbons (Fsp3) is 0.571. The van der Waals surface area contributed by atoms with Gasteiger partial charge in [0.15, 0.2) is 0 Å². The molecule has 0 amide bonds. The number of hydrogen-bond acceptors (Lipinski definition) is 2. The second kappa shape index (κ2) is 8.86. The summed E-state index contributed by atoms with van der Waals surface area (Å²) in [5.41, 5.74) is 1.72. The van der Waals surface area contributed by atoms with Gasteiger partial charge in [-0.1, -0.05) is 41.4 Å². The molecule has 0 N–H and O–H groups in total. The molecule has 4 heteroatoms. The third kappa shape index (κ3) is 4.84. The van der Waals surface area contributed by atoms with Crippen molar-refractivity contribution < 1.29 is 8.85 Å². The molecule has 0 saturated heterocycles. The zero-order valence-corrected chi connectivity index (χ0v) is 14.0. The highest BCUT2D eigenvalue weighted by molar-refractivity contribution is 9.10. The summed E-state index contributed by atoms with van der Waals surface area (Å²) in [5, 5.41) is 0. The van der Waals surface area contributed by atoms with Crippen LogP contribution in [-0.2, 0) is 8.85 Å². The van der Waals surface area contributed by atoms with Crippen molar-refractivity contribution in [2.75, 3.05) is 13.2 Å². The van der Waals surface area contributed by atoms with Gasteiger partial charge in [0, 0.05) is 23.2 Å². The molecule has 0 saturated carbocycles. The molecule has 0 fully saturated rings. The Morgan fingerprint density at radius 1 is 1.17 bits per heavy atom. The number of benzene rings is 1. The molecule has 1 rings (SSSR count). The highest BCUT2D eigenvalue weighted by atomic mass is 79.9. The Bertz CT molecular complexity index is 340. The predicted octanol–water partition coefficient (Wildman–Crippen LogP) is 4.43. The van der Waals surface area contributed by atoms with Crippen LogP contribution in [0.5, 0.6) is 0 Å². The summed E-state index contributed by atoms with van der Waals surface area (Å²) in [5.74, 6) is 0. The first kappa shape index (κ1) is 15.9. The van der Waals surface area contributed by atoms with Crippen molar-refractivity contribution >= 4 is 25.2 Å². The van der Waals surface area contributed by atoms with Gasteiger partial charge >= 0.3 is 9.28 Å². The van der Waals surface area contributed by atoms with Gasteiger partial charge in [-0.25, -0.2) is 0 Å². The molecule has 0 aliphatic heterocycles. The number of rotatable bonds is 8. The molecule has 0 aliphatic rings. The van der Waals surface area contributed by atoms with Crippen molar-refractivity contribution in [3.8, 4) is 0 Å². The van der Waals surface area contributed by atoms with Crippen molar-refractivity contribution in [2.45, 2.75) is 39.2 Å². The van der Waals surface area contributed by atoms with Crippen molar-refractivity contribution in [3.63, 3.8) is 0 Å². The lowest BCUT2D eigenvalue weighted by atomic mass is 10.1. The van der Waals surface area contributed by atoms with Gasteiger partial charge in [0.1, 0.15) is 0 Å². The first-order chi connectivity index (χ1) is 8.72. The molecule has 1 radical (unpaired) electrons. The van der Waals surface area contributed by atoms with Crippen molar-refractivity contribution in [1.29, 1.82) is 0 Å². The van der Waals surface area contributed by atoms with Crippen LogP contribution < -0.4 is 0 Å². The maximum absolute atomic E-state index is 5.86. The Morgan fingerprint density at radius 2 is 1.83 bits per heavy atom. The van der Waals surface area contributed by atoms with Crippen LogP contribution in [0.25, 0.3) is 0 Å². The van der Waals surface area contributed by atoms with Crippen LogP contribution in [-0.4, -0.2) is 22.5 Å². The molecule has 1 atom stereocenters. The van der Waals surface area contributed by atoms with Crippen LogP contribution in [0, 0.1) is 0 Å². The van der Waals surface area contributed by atoms with Crippen LogP contribution >= 0.6 is 15.9 Å². The minimum Gasteiger partial charge on any atom is -0.393 e. The molecule has 0 aliphatic carbocycles. The summed E-state index contributed by atoms with van der Waals surface area (Å²) in [4.78, 5) is 0. The van der Waals surface area contributed by atoms with E-state index in [0.717, 1.165) is 30.5 Å². The lowest BCUT2D eigenvalue weighted by Crippen LogP contribution is -2.31. The maximum Gasteiger partial charge on any atom is 0.392 e. The molecule has 0 heterocycles. The minimum absolute atomic E-state index is 0.400. The SMILES string of the molecule is CCCC(c1cccc(Br)c1)[Si](OCC)OCC. The van der Waals surface area contributed by atoms with E-state index in [0.29, 0.717) is 5.54 Å². The van der Waals surface area contributed by atoms with Crippen LogP contribution in [0.4, 0.5) is 0 Å². The second-order valence-corrected chi connectivity index (χ2v) is 6.91. The van der Waals surface area contributed by atoms with Gasteiger partial charge in [0.05, 0.1) is 0 Å². The summed E-state index contributed by atoms with van der Waals surface area (Å²) in [6.45, 7) is 7.73. The van der Waals surface area contributed by atoms with E-state index in [-0.39, 0.29) is 0 Å². The van der Waals surface area contributed by atoms with Gasteiger partial charge in [-0.3, -0.25) is 0 Å². The van der Waals surface area contributed by atoms with E-state index in [4.69, 9.17) is 8.85 Å². The molecular weight excluding hydrogens is 308 g/mol. The molecule has 2 nitrogen and oxygen atoms in total. The van der Waals surface area contributed by atoms with E-state index in [2.05, 4.69) is 47.1 Å². The normalized spacial score (nSPS) is 12.9.